The molecule has 0 aliphatic carbocycles. The molecular weight excluding hydrogens is 452 g/mol. The number of benzene rings is 2. The van der Waals surface area contributed by atoms with Crippen molar-refractivity contribution in [1.82, 2.24) is 20.2 Å². The zero-order valence-electron chi connectivity index (χ0n) is 19.3. The lowest BCUT2D eigenvalue weighted by Crippen LogP contribution is -2.03. The van der Waals surface area contributed by atoms with Crippen molar-refractivity contribution >= 4 is 23.5 Å². The molecule has 178 valence electrons. The maximum absolute atomic E-state index is 10.3. The lowest BCUT2D eigenvalue weighted by molar-refractivity contribution is 0.448. The van der Waals surface area contributed by atoms with Crippen molar-refractivity contribution in [2.45, 2.75) is 85.8 Å². The zero-order valence-corrected chi connectivity index (χ0v) is 20.9. The highest BCUT2D eigenvalue weighted by molar-refractivity contribution is 8.17. The number of aromatic nitrogens is 4. The van der Waals surface area contributed by atoms with Gasteiger partial charge in [0.2, 0.25) is 5.16 Å². The predicted molar refractivity (Wildman–Crippen MR) is 136 cm³/mol. The SMILES string of the molecule is CCCCCCCCCCCC(Sc1cc(O)ccc1O)Sc1nnnn1-c1ccccc1. The van der Waals surface area contributed by atoms with Crippen LogP contribution >= 0.6 is 23.5 Å². The van der Waals surface area contributed by atoms with Crippen LogP contribution in [0.15, 0.2) is 58.6 Å². The molecule has 0 saturated heterocycles. The summed E-state index contributed by atoms with van der Waals surface area (Å²) in [5, 5.41) is 33.2. The standard InChI is InChI=1S/C25H34N4O2S2/c1-2-3-4-5-6-7-8-9-13-16-24(32-23-19-21(30)17-18-22(23)31)33-25-26-27-28-29(25)20-14-11-10-12-15-20/h10-12,14-15,17-19,24,30-31H,2-9,13,16H2,1H3. The molecule has 0 aliphatic rings. The van der Waals surface area contributed by atoms with E-state index in [1.54, 1.807) is 34.3 Å². The Labute approximate surface area is 205 Å². The second-order valence-corrected chi connectivity index (χ2v) is 10.9. The first-order chi connectivity index (χ1) is 16.2. The number of tetrazole rings is 1. The number of thioether (sulfide) groups is 2. The predicted octanol–water partition coefficient (Wildman–Crippen LogP) is 7.20. The van der Waals surface area contributed by atoms with E-state index in [1.807, 2.05) is 30.3 Å². The molecule has 8 heteroatoms. The van der Waals surface area contributed by atoms with Gasteiger partial charge >= 0.3 is 0 Å². The molecule has 1 heterocycles. The van der Waals surface area contributed by atoms with Gasteiger partial charge in [-0.25, -0.2) is 0 Å². The molecule has 0 fully saturated rings. The van der Waals surface area contributed by atoms with Gasteiger partial charge in [0.25, 0.3) is 0 Å². The van der Waals surface area contributed by atoms with E-state index < -0.39 is 0 Å². The first-order valence-corrected chi connectivity index (χ1v) is 13.6. The van der Waals surface area contributed by atoms with Gasteiger partial charge < -0.3 is 10.2 Å². The molecule has 0 radical (unpaired) electrons. The van der Waals surface area contributed by atoms with Gasteiger partial charge in [-0.1, -0.05) is 94.7 Å². The smallest absolute Gasteiger partial charge is 0.215 e. The number of aromatic hydroxyl groups is 2. The fourth-order valence-electron chi connectivity index (χ4n) is 3.60. The first kappa shape index (κ1) is 25.4. The average molecular weight is 487 g/mol. The summed E-state index contributed by atoms with van der Waals surface area (Å²) in [5.41, 5.74) is 0.914. The van der Waals surface area contributed by atoms with E-state index in [9.17, 15) is 10.2 Å². The molecular formula is C25H34N4O2S2. The second-order valence-electron chi connectivity index (χ2n) is 8.14. The van der Waals surface area contributed by atoms with E-state index in [0.717, 1.165) is 18.5 Å². The van der Waals surface area contributed by atoms with Crippen molar-refractivity contribution in [3.8, 4) is 17.2 Å². The first-order valence-electron chi connectivity index (χ1n) is 11.9. The molecule has 0 amide bonds. The van der Waals surface area contributed by atoms with Crippen LogP contribution in [-0.2, 0) is 0 Å². The van der Waals surface area contributed by atoms with Gasteiger partial charge in [-0.05, 0) is 47.2 Å². The van der Waals surface area contributed by atoms with Crippen molar-refractivity contribution in [3.63, 3.8) is 0 Å². The Hall–Kier alpha value is -2.19. The maximum Gasteiger partial charge on any atom is 0.215 e. The summed E-state index contributed by atoms with van der Waals surface area (Å²) >= 11 is 3.15. The van der Waals surface area contributed by atoms with Gasteiger partial charge in [0.05, 0.1) is 15.2 Å². The number of phenols is 2. The Morgan fingerprint density at radius 2 is 1.55 bits per heavy atom. The van der Waals surface area contributed by atoms with Crippen molar-refractivity contribution in [1.29, 1.82) is 0 Å². The Bertz CT molecular complexity index is 953. The average Bonchev–Trinajstić information content (AvgIpc) is 3.29. The quantitative estimate of drug-likeness (QED) is 0.102. The summed E-state index contributed by atoms with van der Waals surface area (Å²) in [7, 11) is 0. The molecule has 6 nitrogen and oxygen atoms in total. The zero-order chi connectivity index (χ0) is 23.3. The number of para-hydroxylation sites is 1. The molecule has 2 aromatic carbocycles. The molecule has 0 spiro atoms. The molecule has 0 saturated carbocycles. The number of rotatable bonds is 15. The lowest BCUT2D eigenvalue weighted by atomic mass is 10.1. The van der Waals surface area contributed by atoms with Crippen molar-refractivity contribution in [3.05, 3.63) is 48.5 Å². The maximum atomic E-state index is 10.3. The molecule has 33 heavy (non-hydrogen) atoms. The Morgan fingerprint density at radius 1 is 0.848 bits per heavy atom. The Kier molecular flexibility index (Phi) is 10.9. The van der Waals surface area contributed by atoms with Gasteiger partial charge in [-0.2, -0.15) is 4.68 Å². The third-order valence-electron chi connectivity index (χ3n) is 5.42. The van der Waals surface area contributed by atoms with Gasteiger partial charge in [0.1, 0.15) is 11.5 Å². The summed E-state index contributed by atoms with van der Waals surface area (Å²) in [4.78, 5) is 0.669. The summed E-state index contributed by atoms with van der Waals surface area (Å²) in [6.45, 7) is 2.25. The van der Waals surface area contributed by atoms with E-state index in [4.69, 9.17) is 0 Å². The highest BCUT2D eigenvalue weighted by Crippen LogP contribution is 2.42. The molecule has 3 aromatic rings. The minimum atomic E-state index is 0.107. The topological polar surface area (TPSA) is 84.1 Å². The van der Waals surface area contributed by atoms with E-state index in [2.05, 4.69) is 22.4 Å². The van der Waals surface area contributed by atoms with Crippen LogP contribution in [0.3, 0.4) is 0 Å². The van der Waals surface area contributed by atoms with E-state index in [1.165, 1.54) is 63.5 Å². The largest absolute Gasteiger partial charge is 0.508 e. The lowest BCUT2D eigenvalue weighted by Gasteiger charge is -2.16. The summed E-state index contributed by atoms with van der Waals surface area (Å²) in [6, 6.07) is 14.5. The minimum absolute atomic E-state index is 0.107. The van der Waals surface area contributed by atoms with Crippen LogP contribution in [0.4, 0.5) is 0 Å². The molecule has 1 aromatic heterocycles. The van der Waals surface area contributed by atoms with Crippen LogP contribution in [0.2, 0.25) is 0 Å². The molecule has 3 rings (SSSR count). The number of phenolic OH excluding ortho intramolecular Hbond substituents is 2. The normalized spacial score (nSPS) is 12.2. The number of unbranched alkanes of at least 4 members (excludes halogenated alkanes) is 8. The summed E-state index contributed by atoms with van der Waals surface area (Å²) in [5.74, 6) is 0.328. The molecule has 1 unspecified atom stereocenters. The highest BCUT2D eigenvalue weighted by Gasteiger charge is 2.19. The third-order valence-corrected chi connectivity index (χ3v) is 8.04. The fourth-order valence-corrected chi connectivity index (χ4v) is 6.16. The third kappa shape index (κ3) is 8.59. The van der Waals surface area contributed by atoms with Crippen LogP contribution in [-0.4, -0.2) is 35.0 Å². The van der Waals surface area contributed by atoms with E-state index in [-0.39, 0.29) is 16.1 Å². The molecule has 0 bridgehead atoms. The van der Waals surface area contributed by atoms with Gasteiger partial charge in [-0.3, -0.25) is 0 Å². The Morgan fingerprint density at radius 3 is 2.27 bits per heavy atom. The Balaban J connectivity index is 1.59. The number of hydrogen-bond donors (Lipinski definition) is 2. The van der Waals surface area contributed by atoms with Crippen LogP contribution in [0.1, 0.15) is 71.1 Å². The summed E-state index contributed by atoms with van der Waals surface area (Å²) in [6.07, 6.45) is 12.5. The van der Waals surface area contributed by atoms with Crippen molar-refractivity contribution < 1.29 is 10.2 Å². The van der Waals surface area contributed by atoms with E-state index in [0.29, 0.717) is 10.1 Å². The monoisotopic (exact) mass is 486 g/mol. The van der Waals surface area contributed by atoms with Crippen LogP contribution in [0, 0.1) is 0 Å². The number of hydrogen-bond acceptors (Lipinski definition) is 7. The minimum Gasteiger partial charge on any atom is -0.508 e. The van der Waals surface area contributed by atoms with Crippen molar-refractivity contribution in [2.75, 3.05) is 0 Å². The van der Waals surface area contributed by atoms with Gasteiger partial charge in [0.15, 0.2) is 0 Å². The van der Waals surface area contributed by atoms with E-state index >= 15 is 0 Å². The fraction of sp³-hybridized carbons (Fsp3) is 0.480. The molecule has 2 N–H and O–H groups in total. The van der Waals surface area contributed by atoms with Gasteiger partial charge in [-0.15, -0.1) is 16.9 Å². The molecule has 1 atom stereocenters. The second kappa shape index (κ2) is 14.2. The van der Waals surface area contributed by atoms with Crippen LogP contribution in [0.25, 0.3) is 5.69 Å². The van der Waals surface area contributed by atoms with Crippen LogP contribution < -0.4 is 0 Å². The summed E-state index contributed by atoms with van der Waals surface area (Å²) < 4.78 is 1.85. The number of nitrogens with zero attached hydrogens (tertiary/aromatic N) is 4. The van der Waals surface area contributed by atoms with Gasteiger partial charge in [0, 0.05) is 0 Å². The van der Waals surface area contributed by atoms with Crippen molar-refractivity contribution in [2.24, 2.45) is 0 Å². The highest BCUT2D eigenvalue weighted by atomic mass is 32.2. The molecule has 0 aliphatic heterocycles. The van der Waals surface area contributed by atoms with Crippen LogP contribution in [0.5, 0.6) is 11.5 Å².